The van der Waals surface area contributed by atoms with Crippen molar-refractivity contribution in [2.45, 2.75) is 11.0 Å². The molecule has 0 spiro atoms. The predicted molar refractivity (Wildman–Crippen MR) is 79.7 cm³/mol. The molecule has 1 heterocycles. The molecule has 0 bridgehead atoms. The zero-order valence-corrected chi connectivity index (χ0v) is 14.1. The van der Waals surface area contributed by atoms with Crippen LogP contribution in [0.2, 0.25) is 10.0 Å². The second-order valence-corrected chi connectivity index (χ2v) is 7.84. The molecule has 0 saturated carbocycles. The number of hydrogen-bond donors (Lipinski definition) is 1. The molecule has 0 radical (unpaired) electrons. The lowest BCUT2D eigenvalue weighted by molar-refractivity contribution is -0.0304. The van der Waals surface area contributed by atoms with Gasteiger partial charge in [-0.25, -0.2) is 8.42 Å². The Labute approximate surface area is 135 Å². The molecule has 9 heteroatoms. The molecule has 1 aromatic carbocycles. The Hall–Kier alpha value is 0.110. The van der Waals surface area contributed by atoms with Gasteiger partial charge in [0.25, 0.3) is 0 Å². The zero-order valence-electron chi connectivity index (χ0n) is 10.2. The van der Waals surface area contributed by atoms with E-state index in [4.69, 9.17) is 33.0 Å². The molecule has 1 saturated heterocycles. The minimum Gasteiger partial charge on any atom is -0.394 e. The van der Waals surface area contributed by atoms with Gasteiger partial charge in [0.1, 0.15) is 4.90 Å². The Bertz CT molecular complexity index is 587. The van der Waals surface area contributed by atoms with E-state index in [1.165, 1.54) is 16.4 Å². The molecule has 1 unspecified atom stereocenters. The van der Waals surface area contributed by atoms with Crippen LogP contribution in [0.25, 0.3) is 0 Å². The first-order chi connectivity index (χ1) is 9.36. The number of rotatable bonds is 3. The average molecular weight is 405 g/mol. The van der Waals surface area contributed by atoms with Gasteiger partial charge in [-0.05, 0) is 12.1 Å². The maximum absolute atomic E-state index is 12.6. The van der Waals surface area contributed by atoms with Gasteiger partial charge in [0.2, 0.25) is 10.0 Å². The number of sulfonamides is 1. The first kappa shape index (κ1) is 16.5. The molecule has 1 fully saturated rings. The lowest BCUT2D eigenvalue weighted by Crippen LogP contribution is -2.46. The van der Waals surface area contributed by atoms with Crippen LogP contribution in [0.3, 0.4) is 0 Å². The molecule has 1 aromatic rings. The van der Waals surface area contributed by atoms with Gasteiger partial charge >= 0.3 is 0 Å². The third-order valence-corrected chi connectivity index (χ3v) is 6.11. The molecule has 1 aliphatic rings. The highest BCUT2D eigenvalue weighted by molar-refractivity contribution is 9.10. The van der Waals surface area contributed by atoms with E-state index in [0.717, 1.165) is 0 Å². The fourth-order valence-corrected chi connectivity index (χ4v) is 5.27. The molecule has 1 aliphatic heterocycles. The van der Waals surface area contributed by atoms with E-state index in [0.29, 0.717) is 4.47 Å². The topological polar surface area (TPSA) is 66.8 Å². The van der Waals surface area contributed by atoms with E-state index >= 15 is 0 Å². The van der Waals surface area contributed by atoms with E-state index in [2.05, 4.69) is 15.9 Å². The third kappa shape index (κ3) is 3.30. The minimum absolute atomic E-state index is 0.0522. The molecule has 5 nitrogen and oxygen atoms in total. The molecule has 0 aliphatic carbocycles. The largest absolute Gasteiger partial charge is 0.394 e. The van der Waals surface area contributed by atoms with Crippen molar-refractivity contribution in [3.05, 3.63) is 26.7 Å². The van der Waals surface area contributed by atoms with Gasteiger partial charge in [-0.3, -0.25) is 0 Å². The fourth-order valence-electron chi connectivity index (χ4n) is 1.93. The number of nitrogens with zero attached hydrogens (tertiary/aromatic N) is 1. The Balaban J connectivity index is 2.40. The quantitative estimate of drug-likeness (QED) is 0.837. The van der Waals surface area contributed by atoms with Crippen LogP contribution >= 0.6 is 39.1 Å². The van der Waals surface area contributed by atoms with Crippen LogP contribution in [-0.2, 0) is 14.8 Å². The molecule has 112 valence electrons. The number of ether oxygens (including phenoxy) is 1. The SMILES string of the molecule is O=S(=O)(c1c(Cl)cc(Br)cc1Cl)N1CCOC(CO)C1. The number of aliphatic hydroxyl groups is 1. The van der Waals surface area contributed by atoms with Crippen LogP contribution in [0.4, 0.5) is 0 Å². The summed E-state index contributed by atoms with van der Waals surface area (Å²) >= 11 is 15.2. The van der Waals surface area contributed by atoms with Crippen molar-refractivity contribution in [3.8, 4) is 0 Å². The predicted octanol–water partition coefficient (Wildman–Crippen LogP) is 2.14. The minimum atomic E-state index is -3.83. The van der Waals surface area contributed by atoms with Crippen molar-refractivity contribution in [2.24, 2.45) is 0 Å². The molecule has 1 N–H and O–H groups in total. The average Bonchev–Trinajstić information content (AvgIpc) is 2.37. The van der Waals surface area contributed by atoms with Gasteiger partial charge < -0.3 is 9.84 Å². The Kier molecular flexibility index (Phi) is 5.34. The van der Waals surface area contributed by atoms with E-state index in [-0.39, 0.29) is 41.2 Å². The van der Waals surface area contributed by atoms with Crippen molar-refractivity contribution in [1.82, 2.24) is 4.31 Å². The van der Waals surface area contributed by atoms with E-state index < -0.39 is 16.1 Å². The summed E-state index contributed by atoms with van der Waals surface area (Å²) in [4.78, 5) is -0.123. The Morgan fingerprint density at radius 2 is 2.00 bits per heavy atom. The van der Waals surface area contributed by atoms with Crippen molar-refractivity contribution >= 4 is 49.2 Å². The van der Waals surface area contributed by atoms with Crippen LogP contribution in [0.5, 0.6) is 0 Å². The van der Waals surface area contributed by atoms with Crippen LogP contribution in [-0.4, -0.2) is 50.2 Å². The number of aliphatic hydroxyl groups excluding tert-OH is 1. The standard InChI is InChI=1S/C11H12BrCl2NO4S/c12-7-3-9(13)11(10(14)4-7)20(17,18)15-1-2-19-8(5-15)6-16/h3-4,8,16H,1-2,5-6H2. The van der Waals surface area contributed by atoms with E-state index in [9.17, 15) is 8.42 Å². The van der Waals surface area contributed by atoms with Gasteiger partial charge in [-0.15, -0.1) is 0 Å². The number of hydrogen-bond acceptors (Lipinski definition) is 4. The highest BCUT2D eigenvalue weighted by Gasteiger charge is 2.33. The van der Waals surface area contributed by atoms with E-state index in [1.807, 2.05) is 0 Å². The maximum atomic E-state index is 12.6. The maximum Gasteiger partial charge on any atom is 0.246 e. The molecule has 1 atom stereocenters. The van der Waals surface area contributed by atoms with Crippen LogP contribution in [0, 0.1) is 0 Å². The zero-order chi connectivity index (χ0) is 14.9. The van der Waals surface area contributed by atoms with E-state index in [1.54, 1.807) is 0 Å². The highest BCUT2D eigenvalue weighted by atomic mass is 79.9. The highest BCUT2D eigenvalue weighted by Crippen LogP contribution is 2.35. The summed E-state index contributed by atoms with van der Waals surface area (Å²) in [7, 11) is -3.83. The Morgan fingerprint density at radius 1 is 1.40 bits per heavy atom. The first-order valence-electron chi connectivity index (χ1n) is 5.73. The van der Waals surface area contributed by atoms with Gasteiger partial charge in [-0.2, -0.15) is 4.31 Å². The lowest BCUT2D eigenvalue weighted by Gasteiger charge is -2.31. The molecule has 2 rings (SSSR count). The molecular formula is C11H12BrCl2NO4S. The fraction of sp³-hybridized carbons (Fsp3) is 0.455. The Morgan fingerprint density at radius 3 is 2.55 bits per heavy atom. The van der Waals surface area contributed by atoms with Crippen LogP contribution < -0.4 is 0 Å². The van der Waals surface area contributed by atoms with Crippen LogP contribution in [0.15, 0.2) is 21.5 Å². The summed E-state index contributed by atoms with van der Waals surface area (Å²) in [6.45, 7) is 0.243. The molecule has 0 aromatic heterocycles. The van der Waals surface area contributed by atoms with Crippen molar-refractivity contribution in [2.75, 3.05) is 26.3 Å². The summed E-state index contributed by atoms with van der Waals surface area (Å²) in [5.41, 5.74) is 0. The van der Waals surface area contributed by atoms with Crippen molar-refractivity contribution in [3.63, 3.8) is 0 Å². The van der Waals surface area contributed by atoms with Gasteiger partial charge in [0.05, 0.1) is 29.4 Å². The second-order valence-electron chi connectivity index (χ2n) is 4.24. The number of halogens is 3. The summed E-state index contributed by atoms with van der Waals surface area (Å²) in [5, 5.41) is 9.19. The van der Waals surface area contributed by atoms with Gasteiger partial charge in [0.15, 0.2) is 0 Å². The van der Waals surface area contributed by atoms with Gasteiger partial charge in [-0.1, -0.05) is 39.1 Å². The third-order valence-electron chi connectivity index (χ3n) is 2.87. The lowest BCUT2D eigenvalue weighted by atomic mass is 10.3. The summed E-state index contributed by atoms with van der Waals surface area (Å²) < 4.78 is 32.3. The number of benzene rings is 1. The molecule has 0 amide bonds. The monoisotopic (exact) mass is 403 g/mol. The summed E-state index contributed by atoms with van der Waals surface area (Å²) in [6.07, 6.45) is -0.536. The molecule has 20 heavy (non-hydrogen) atoms. The summed E-state index contributed by atoms with van der Waals surface area (Å²) in [6, 6.07) is 2.95. The van der Waals surface area contributed by atoms with Gasteiger partial charge in [0, 0.05) is 17.6 Å². The summed E-state index contributed by atoms with van der Waals surface area (Å²) in [5.74, 6) is 0. The smallest absolute Gasteiger partial charge is 0.246 e. The van der Waals surface area contributed by atoms with Crippen LogP contribution in [0.1, 0.15) is 0 Å². The second kappa shape index (κ2) is 6.48. The first-order valence-corrected chi connectivity index (χ1v) is 8.72. The molecular weight excluding hydrogens is 393 g/mol. The van der Waals surface area contributed by atoms with Crippen molar-refractivity contribution < 1.29 is 18.3 Å². The number of morpholine rings is 1. The normalized spacial score (nSPS) is 21.1. The van der Waals surface area contributed by atoms with Crippen molar-refractivity contribution in [1.29, 1.82) is 0 Å².